The lowest BCUT2D eigenvalue weighted by molar-refractivity contribution is -0.278. The van der Waals surface area contributed by atoms with Gasteiger partial charge in [0.05, 0.1) is 0 Å². The van der Waals surface area contributed by atoms with Crippen LogP contribution in [0.3, 0.4) is 0 Å². The van der Waals surface area contributed by atoms with Gasteiger partial charge in [-0.05, 0) is 0 Å². The largest absolute Gasteiger partial charge is 0.536 e. The molecule has 0 bridgehead atoms. The van der Waals surface area contributed by atoms with Gasteiger partial charge in [-0.15, -0.1) is 26.3 Å². The molecule has 0 aliphatic heterocycles. The number of hydrogen-bond acceptors (Lipinski definition) is 4. The van der Waals surface area contributed by atoms with Gasteiger partial charge < -0.3 is 0 Å². The van der Waals surface area contributed by atoms with Crippen LogP contribution in [0, 0.1) is 0 Å². The van der Waals surface area contributed by atoms with Crippen LogP contribution >= 0.6 is 0 Å². The summed E-state index contributed by atoms with van der Waals surface area (Å²) in [6.07, 6.45) is -17.9. The molecule has 0 aliphatic carbocycles. The minimum Gasteiger partial charge on any atom is -0.210 e. The highest BCUT2D eigenvalue weighted by molar-refractivity contribution is 7.93. The summed E-state index contributed by atoms with van der Waals surface area (Å²) in [5, 5.41) is 0. The first-order valence-corrected chi connectivity index (χ1v) is 5.43. The van der Waals surface area contributed by atoms with E-state index in [0.29, 0.717) is 0 Å². The molecule has 0 saturated heterocycles. The smallest absolute Gasteiger partial charge is 0.210 e. The van der Waals surface area contributed by atoms with Crippen LogP contribution in [0.15, 0.2) is 0 Å². The molecule has 0 spiro atoms. The third-order valence-corrected chi connectivity index (χ3v) is 3.16. The van der Waals surface area contributed by atoms with Crippen LogP contribution in [-0.2, 0) is 30.9 Å². The molecule has 0 aromatic carbocycles. The van der Waals surface area contributed by atoms with E-state index in [4.69, 9.17) is 0 Å². The maximum atomic E-state index is 12.0. The van der Waals surface area contributed by atoms with Gasteiger partial charge >= 0.3 is 19.0 Å². The molecule has 0 aromatic rings. The molecule has 0 fully saturated rings. The Bertz CT molecular complexity index is 332. The van der Waals surface area contributed by atoms with E-state index in [0.717, 1.165) is 0 Å². The first-order chi connectivity index (χ1) is 8.13. The Morgan fingerprint density at radius 1 is 0.684 bits per heavy atom. The van der Waals surface area contributed by atoms with Gasteiger partial charge in [0.15, 0.2) is 0 Å². The van der Waals surface area contributed by atoms with E-state index in [9.17, 15) is 47.9 Å². The van der Waals surface area contributed by atoms with Crippen molar-refractivity contribution < 1.29 is 56.3 Å². The molecule has 0 rings (SSSR count). The first-order valence-electron chi connectivity index (χ1n) is 3.36. The van der Waals surface area contributed by atoms with Crippen LogP contribution in [0.5, 0.6) is 0 Å². The number of hydrogen-bond donors (Lipinski definition) is 0. The minimum atomic E-state index is -6.12. The molecule has 5 nitrogen and oxygen atoms in total. The van der Waals surface area contributed by atoms with Crippen molar-refractivity contribution in [1.82, 2.24) is 3.71 Å². The van der Waals surface area contributed by atoms with Gasteiger partial charge in [0, 0.05) is 3.71 Å². The number of halogens is 9. The lowest BCUT2D eigenvalue weighted by Gasteiger charge is -2.21. The van der Waals surface area contributed by atoms with Crippen LogP contribution in [0.25, 0.3) is 0 Å². The number of rotatable bonds is 4. The fourth-order valence-corrected chi connectivity index (χ4v) is 1.82. The molecule has 0 amide bonds. The van der Waals surface area contributed by atoms with E-state index in [-0.39, 0.29) is 0 Å². The van der Waals surface area contributed by atoms with E-state index >= 15 is 0 Å². The van der Waals surface area contributed by atoms with E-state index in [1.807, 2.05) is 0 Å². The van der Waals surface area contributed by atoms with E-state index in [2.05, 4.69) is 8.37 Å². The van der Waals surface area contributed by atoms with Gasteiger partial charge in [0.25, 0.3) is 22.5 Å². The average molecular weight is 349 g/mol. The third kappa shape index (κ3) is 7.65. The number of alkyl halides is 9. The maximum absolute atomic E-state index is 12.0. The lowest BCUT2D eigenvalue weighted by Crippen LogP contribution is -2.44. The summed E-state index contributed by atoms with van der Waals surface area (Å²) in [6.45, 7) is 0. The fourth-order valence-electron chi connectivity index (χ4n) is 0.448. The zero-order valence-electron chi connectivity index (χ0n) is 7.80. The highest BCUT2D eigenvalue weighted by atomic mass is 32.3. The van der Waals surface area contributed by atoms with E-state index in [1.54, 1.807) is 0 Å². The van der Waals surface area contributed by atoms with Crippen LogP contribution in [0.4, 0.5) is 39.5 Å². The molecule has 19 heavy (non-hydrogen) atoms. The fraction of sp³-hybridized carbons (Fsp3) is 1.00. The Kier molecular flexibility index (Phi) is 5.76. The van der Waals surface area contributed by atoms with Crippen molar-refractivity contribution in [2.75, 3.05) is 0 Å². The standard InChI is InChI=1S/C3F9NO4S2/c4-1(5,6)13(18(14)16-2(7,8)9)19(15)17-3(10,11)12. The van der Waals surface area contributed by atoms with E-state index < -0.39 is 45.3 Å². The SMILES string of the molecule is O=S(OC(F)(F)F)N(S(=O)OC(F)(F)F)C(F)(F)F. The monoisotopic (exact) mass is 349 g/mol. The Labute approximate surface area is 102 Å². The molecule has 2 atom stereocenters. The topological polar surface area (TPSA) is 55.8 Å². The molecule has 0 N–H and O–H groups in total. The second kappa shape index (κ2) is 5.90. The zero-order chi connectivity index (χ0) is 15.6. The zero-order valence-corrected chi connectivity index (χ0v) is 9.43. The third-order valence-electron chi connectivity index (χ3n) is 0.809. The van der Waals surface area contributed by atoms with Crippen molar-refractivity contribution in [3.8, 4) is 0 Å². The summed E-state index contributed by atoms with van der Waals surface area (Å²) in [7, 11) is 0. The molecule has 0 aromatic heterocycles. The molecule has 0 heterocycles. The van der Waals surface area contributed by atoms with Gasteiger partial charge in [-0.1, -0.05) is 0 Å². The summed E-state index contributed by atoms with van der Waals surface area (Å²) in [5.41, 5.74) is 0. The minimum absolute atomic E-state index is 2.21. The first kappa shape index (κ1) is 18.6. The van der Waals surface area contributed by atoms with Crippen LogP contribution in [0.2, 0.25) is 0 Å². The molecule has 0 aliphatic rings. The van der Waals surface area contributed by atoms with Crippen molar-refractivity contribution in [3.05, 3.63) is 0 Å². The van der Waals surface area contributed by atoms with Crippen LogP contribution < -0.4 is 0 Å². The van der Waals surface area contributed by atoms with Crippen molar-refractivity contribution in [1.29, 1.82) is 0 Å². The van der Waals surface area contributed by atoms with Crippen LogP contribution in [0.1, 0.15) is 0 Å². The quantitative estimate of drug-likeness (QED) is 0.576. The summed E-state index contributed by atoms with van der Waals surface area (Å²) in [4.78, 5) is 0. The van der Waals surface area contributed by atoms with Gasteiger partial charge in [-0.25, -0.2) is 8.42 Å². The van der Waals surface area contributed by atoms with Gasteiger partial charge in [-0.2, -0.15) is 21.5 Å². The Morgan fingerprint density at radius 3 is 1.11 bits per heavy atom. The lowest BCUT2D eigenvalue weighted by atomic mass is 11.2. The Balaban J connectivity index is 5.15. The second-order valence-corrected chi connectivity index (χ2v) is 4.38. The predicted molar refractivity (Wildman–Crippen MR) is 38.5 cm³/mol. The van der Waals surface area contributed by atoms with Gasteiger partial charge in [0.1, 0.15) is 0 Å². The summed E-state index contributed by atoms with van der Waals surface area (Å²) < 4.78 is 128. The second-order valence-electron chi connectivity index (χ2n) is 2.22. The van der Waals surface area contributed by atoms with Crippen molar-refractivity contribution in [2.24, 2.45) is 0 Å². The highest BCUT2D eigenvalue weighted by Gasteiger charge is 2.53. The molecular weight excluding hydrogens is 349 g/mol. The van der Waals surface area contributed by atoms with Crippen molar-refractivity contribution in [2.45, 2.75) is 19.0 Å². The molecular formula is C3F9NO4S2. The predicted octanol–water partition coefficient (Wildman–Crippen LogP) is 2.04. The number of nitrogens with zero attached hydrogens (tertiary/aromatic N) is 1. The van der Waals surface area contributed by atoms with Gasteiger partial charge in [0.2, 0.25) is 0 Å². The summed E-state index contributed by atoms with van der Waals surface area (Å²) in [6, 6.07) is 0. The van der Waals surface area contributed by atoms with Crippen LogP contribution in [-0.4, -0.2) is 31.2 Å². The Hall–Kier alpha value is -0.450. The average Bonchev–Trinajstić information content (AvgIpc) is 1.90. The van der Waals surface area contributed by atoms with Crippen molar-refractivity contribution >= 4 is 22.5 Å². The Morgan fingerprint density at radius 2 is 0.947 bits per heavy atom. The molecule has 0 saturated carbocycles. The summed E-state index contributed by atoms with van der Waals surface area (Å²) in [5.74, 6) is 0. The van der Waals surface area contributed by atoms with Gasteiger partial charge in [-0.3, -0.25) is 0 Å². The maximum Gasteiger partial charge on any atom is 0.536 e. The molecule has 0 radical (unpaired) electrons. The highest BCUT2D eigenvalue weighted by Crippen LogP contribution is 2.31. The normalized spacial score (nSPS) is 17.6. The molecule has 16 heteroatoms. The van der Waals surface area contributed by atoms with Crippen molar-refractivity contribution in [3.63, 3.8) is 0 Å². The molecule has 2 unspecified atom stereocenters. The van der Waals surface area contributed by atoms with E-state index in [1.165, 1.54) is 0 Å². The summed E-state index contributed by atoms with van der Waals surface area (Å²) >= 11 is -9.21. The molecule has 116 valence electrons.